The Bertz CT molecular complexity index is 373. The van der Waals surface area contributed by atoms with Crippen LogP contribution in [0.3, 0.4) is 0 Å². The molecule has 0 bridgehead atoms. The quantitative estimate of drug-likeness (QED) is 0.431. The Hall–Kier alpha value is -1.49. The molecule has 0 atom stereocenters. The standard InChI is InChI=1S/C9H12N4S/c1-6-4-3-5-11-8(6)7(2)12-13-9(10)14/h3-5H,1-2H3,(H3,10,13,14)/b12-7+. The van der Waals surface area contributed by atoms with E-state index in [1.807, 2.05) is 26.0 Å². The van der Waals surface area contributed by atoms with Gasteiger partial charge in [-0.3, -0.25) is 10.4 Å². The molecule has 4 nitrogen and oxygen atoms in total. The highest BCUT2D eigenvalue weighted by Gasteiger charge is 2.01. The summed E-state index contributed by atoms with van der Waals surface area (Å²) >= 11 is 4.64. The average Bonchev–Trinajstić information content (AvgIpc) is 2.15. The molecule has 1 aromatic rings. The van der Waals surface area contributed by atoms with Crippen LogP contribution in [0.25, 0.3) is 0 Å². The lowest BCUT2D eigenvalue weighted by molar-refractivity contribution is 1.02. The van der Waals surface area contributed by atoms with E-state index < -0.39 is 0 Å². The lowest BCUT2D eigenvalue weighted by Crippen LogP contribution is -2.25. The number of thiocarbonyl (C=S) groups is 1. The van der Waals surface area contributed by atoms with Gasteiger partial charge in [0.25, 0.3) is 0 Å². The summed E-state index contributed by atoms with van der Waals surface area (Å²) in [5.41, 5.74) is 10.4. The van der Waals surface area contributed by atoms with E-state index in [0.29, 0.717) is 0 Å². The van der Waals surface area contributed by atoms with Gasteiger partial charge in [-0.15, -0.1) is 0 Å². The lowest BCUT2D eigenvalue weighted by Gasteiger charge is -2.03. The Morgan fingerprint density at radius 1 is 1.64 bits per heavy atom. The van der Waals surface area contributed by atoms with E-state index in [4.69, 9.17) is 5.73 Å². The van der Waals surface area contributed by atoms with Crippen LogP contribution in [0.5, 0.6) is 0 Å². The van der Waals surface area contributed by atoms with Gasteiger partial charge in [-0.1, -0.05) is 6.07 Å². The molecule has 0 radical (unpaired) electrons. The number of pyridine rings is 1. The second kappa shape index (κ2) is 4.66. The highest BCUT2D eigenvalue weighted by molar-refractivity contribution is 7.80. The smallest absolute Gasteiger partial charge is 0.184 e. The van der Waals surface area contributed by atoms with E-state index in [-0.39, 0.29) is 5.11 Å². The molecular formula is C9H12N4S. The third-order valence-electron chi connectivity index (χ3n) is 1.69. The van der Waals surface area contributed by atoms with Crippen LogP contribution in [-0.4, -0.2) is 15.8 Å². The summed E-state index contributed by atoms with van der Waals surface area (Å²) in [7, 11) is 0. The fourth-order valence-electron chi connectivity index (χ4n) is 1.06. The molecule has 0 aromatic carbocycles. The van der Waals surface area contributed by atoms with Crippen molar-refractivity contribution in [2.75, 3.05) is 0 Å². The predicted molar refractivity (Wildman–Crippen MR) is 61.1 cm³/mol. The number of rotatable bonds is 2. The molecule has 5 heteroatoms. The minimum absolute atomic E-state index is 0.151. The highest BCUT2D eigenvalue weighted by Crippen LogP contribution is 2.03. The van der Waals surface area contributed by atoms with E-state index in [0.717, 1.165) is 17.0 Å². The van der Waals surface area contributed by atoms with Crippen molar-refractivity contribution in [1.29, 1.82) is 0 Å². The topological polar surface area (TPSA) is 63.3 Å². The van der Waals surface area contributed by atoms with Gasteiger partial charge in [0, 0.05) is 6.20 Å². The Balaban J connectivity index is 2.89. The van der Waals surface area contributed by atoms with Crippen LogP contribution in [0, 0.1) is 6.92 Å². The number of nitrogens with two attached hydrogens (primary N) is 1. The van der Waals surface area contributed by atoms with E-state index in [1.54, 1.807) is 6.20 Å². The first-order valence-corrected chi connectivity index (χ1v) is 4.54. The first kappa shape index (κ1) is 10.6. The average molecular weight is 208 g/mol. The maximum atomic E-state index is 5.25. The summed E-state index contributed by atoms with van der Waals surface area (Å²) in [5, 5.41) is 4.14. The summed E-state index contributed by atoms with van der Waals surface area (Å²) < 4.78 is 0. The predicted octanol–water partition coefficient (Wildman–Crippen LogP) is 0.947. The van der Waals surface area contributed by atoms with Crippen molar-refractivity contribution >= 4 is 23.0 Å². The number of aryl methyl sites for hydroxylation is 1. The van der Waals surface area contributed by atoms with Gasteiger partial charge in [0.2, 0.25) is 0 Å². The molecule has 0 unspecified atom stereocenters. The fraction of sp³-hybridized carbons (Fsp3) is 0.222. The maximum Gasteiger partial charge on any atom is 0.184 e. The molecule has 0 aliphatic rings. The molecular weight excluding hydrogens is 196 g/mol. The number of nitrogens with zero attached hydrogens (tertiary/aromatic N) is 2. The van der Waals surface area contributed by atoms with Crippen molar-refractivity contribution in [3.8, 4) is 0 Å². The van der Waals surface area contributed by atoms with E-state index in [2.05, 4.69) is 27.7 Å². The zero-order valence-electron chi connectivity index (χ0n) is 8.11. The minimum atomic E-state index is 0.151. The van der Waals surface area contributed by atoms with Gasteiger partial charge >= 0.3 is 0 Å². The lowest BCUT2D eigenvalue weighted by atomic mass is 10.1. The van der Waals surface area contributed by atoms with Gasteiger partial charge in [-0.05, 0) is 37.7 Å². The molecule has 1 rings (SSSR count). The number of nitrogens with one attached hydrogen (secondary N) is 1. The van der Waals surface area contributed by atoms with Crippen LogP contribution in [0.1, 0.15) is 18.2 Å². The first-order chi connectivity index (χ1) is 6.61. The Labute approximate surface area is 88.2 Å². The van der Waals surface area contributed by atoms with Gasteiger partial charge in [0.15, 0.2) is 5.11 Å². The molecule has 0 aliphatic heterocycles. The van der Waals surface area contributed by atoms with Gasteiger partial charge in [-0.25, -0.2) is 0 Å². The number of hydrogen-bond acceptors (Lipinski definition) is 3. The van der Waals surface area contributed by atoms with Crippen molar-refractivity contribution < 1.29 is 0 Å². The molecule has 0 fully saturated rings. The van der Waals surface area contributed by atoms with Gasteiger partial charge in [-0.2, -0.15) is 5.10 Å². The van der Waals surface area contributed by atoms with E-state index in [9.17, 15) is 0 Å². The van der Waals surface area contributed by atoms with E-state index >= 15 is 0 Å². The summed E-state index contributed by atoms with van der Waals surface area (Å²) in [6, 6.07) is 3.86. The number of aromatic nitrogens is 1. The molecule has 1 aromatic heterocycles. The molecule has 0 saturated carbocycles. The number of hydrogen-bond donors (Lipinski definition) is 2. The van der Waals surface area contributed by atoms with Crippen LogP contribution in [0.15, 0.2) is 23.4 Å². The first-order valence-electron chi connectivity index (χ1n) is 4.13. The third-order valence-corrected chi connectivity index (χ3v) is 1.78. The Morgan fingerprint density at radius 3 is 2.93 bits per heavy atom. The SMILES string of the molecule is C/C(=N\NC(N)=S)c1ncccc1C. The zero-order valence-corrected chi connectivity index (χ0v) is 8.93. The zero-order chi connectivity index (χ0) is 10.6. The fourth-order valence-corrected chi connectivity index (χ4v) is 1.10. The van der Waals surface area contributed by atoms with Gasteiger partial charge in [0.05, 0.1) is 11.4 Å². The summed E-state index contributed by atoms with van der Waals surface area (Å²) in [6.45, 7) is 3.82. The molecule has 0 aliphatic carbocycles. The molecule has 74 valence electrons. The third kappa shape index (κ3) is 2.77. The van der Waals surface area contributed by atoms with Crippen LogP contribution >= 0.6 is 12.2 Å². The molecule has 0 amide bonds. The van der Waals surface area contributed by atoms with E-state index in [1.165, 1.54) is 0 Å². The van der Waals surface area contributed by atoms with Gasteiger partial charge < -0.3 is 5.73 Å². The molecule has 0 saturated heterocycles. The van der Waals surface area contributed by atoms with Crippen LogP contribution < -0.4 is 11.2 Å². The van der Waals surface area contributed by atoms with Crippen molar-refractivity contribution in [2.24, 2.45) is 10.8 Å². The normalized spacial score (nSPS) is 11.1. The molecule has 14 heavy (non-hydrogen) atoms. The van der Waals surface area contributed by atoms with Crippen molar-refractivity contribution in [3.05, 3.63) is 29.6 Å². The maximum absolute atomic E-state index is 5.25. The van der Waals surface area contributed by atoms with Crippen LogP contribution in [-0.2, 0) is 0 Å². The highest BCUT2D eigenvalue weighted by atomic mass is 32.1. The Morgan fingerprint density at radius 2 is 2.36 bits per heavy atom. The second-order valence-electron chi connectivity index (χ2n) is 2.84. The van der Waals surface area contributed by atoms with Crippen molar-refractivity contribution in [2.45, 2.75) is 13.8 Å². The second-order valence-corrected chi connectivity index (χ2v) is 3.28. The molecule has 0 spiro atoms. The molecule has 3 N–H and O–H groups in total. The summed E-state index contributed by atoms with van der Waals surface area (Å²) in [4.78, 5) is 4.20. The van der Waals surface area contributed by atoms with Crippen LogP contribution in [0.4, 0.5) is 0 Å². The van der Waals surface area contributed by atoms with Crippen molar-refractivity contribution in [3.63, 3.8) is 0 Å². The number of hydrazone groups is 1. The van der Waals surface area contributed by atoms with Crippen LogP contribution in [0.2, 0.25) is 0 Å². The molecule has 1 heterocycles. The van der Waals surface area contributed by atoms with Gasteiger partial charge in [0.1, 0.15) is 0 Å². The summed E-state index contributed by atoms with van der Waals surface area (Å²) in [5.74, 6) is 0. The Kier molecular flexibility index (Phi) is 3.53. The minimum Gasteiger partial charge on any atom is -0.375 e. The summed E-state index contributed by atoms with van der Waals surface area (Å²) in [6.07, 6.45) is 1.72. The largest absolute Gasteiger partial charge is 0.375 e. The van der Waals surface area contributed by atoms with Crippen molar-refractivity contribution in [1.82, 2.24) is 10.4 Å². The monoisotopic (exact) mass is 208 g/mol.